The zero-order valence-electron chi connectivity index (χ0n) is 17.9. The Kier molecular flexibility index (Phi) is 8.62. The van der Waals surface area contributed by atoms with E-state index in [1.54, 1.807) is 11.0 Å². The maximum atomic E-state index is 14.1. The topological polar surface area (TPSA) is 105 Å². The molecule has 3 N–H and O–H groups in total. The fourth-order valence-electron chi connectivity index (χ4n) is 3.37. The van der Waals surface area contributed by atoms with Gasteiger partial charge in [0.25, 0.3) is 0 Å². The number of nitrogens with zero attached hydrogens (tertiary/aromatic N) is 2. The summed E-state index contributed by atoms with van der Waals surface area (Å²) in [4.78, 5) is 28.8. The molecular formula is C22H32FN3O4. The van der Waals surface area contributed by atoms with Crippen molar-refractivity contribution >= 4 is 17.8 Å². The van der Waals surface area contributed by atoms with Gasteiger partial charge in [-0.3, -0.25) is 4.79 Å². The van der Waals surface area contributed by atoms with Gasteiger partial charge in [-0.2, -0.15) is 4.99 Å². The molecule has 166 valence electrons. The van der Waals surface area contributed by atoms with Gasteiger partial charge in [-0.15, -0.1) is 0 Å². The summed E-state index contributed by atoms with van der Waals surface area (Å²) in [6.07, 6.45) is 3.63. The van der Waals surface area contributed by atoms with Gasteiger partial charge in [0.05, 0.1) is 12.5 Å². The first-order chi connectivity index (χ1) is 14.2. The highest BCUT2D eigenvalue weighted by molar-refractivity contribution is 5.93. The molecule has 0 aliphatic carbocycles. The standard InChI is InChI=1S/C22H32FN3O4/c1-14(2)20(24)25-22(29)26-10-8-16(9-11-26)5-4-12-30-17-6-7-18(19(23)13-17)15(3)21(27)28/h6-7,13-16H,4-5,8-12H2,1-3H3,(H,27,28)(H2,24,25,29). The Balaban J connectivity index is 1.71. The zero-order valence-corrected chi connectivity index (χ0v) is 17.9. The molecule has 0 aromatic heterocycles. The second-order valence-electron chi connectivity index (χ2n) is 8.14. The fraction of sp³-hybridized carbons (Fsp3) is 0.591. The van der Waals surface area contributed by atoms with Gasteiger partial charge in [0.1, 0.15) is 17.4 Å². The van der Waals surface area contributed by atoms with Crippen LogP contribution >= 0.6 is 0 Å². The summed E-state index contributed by atoms with van der Waals surface area (Å²) in [6, 6.07) is 4.05. The minimum absolute atomic E-state index is 0.0525. The van der Waals surface area contributed by atoms with Crippen molar-refractivity contribution in [3.63, 3.8) is 0 Å². The Hall–Kier alpha value is -2.64. The van der Waals surface area contributed by atoms with Gasteiger partial charge in [0, 0.05) is 30.6 Å². The van der Waals surface area contributed by atoms with Crippen molar-refractivity contribution in [3.05, 3.63) is 29.6 Å². The number of benzene rings is 1. The molecule has 0 saturated carbocycles. The summed E-state index contributed by atoms with van der Waals surface area (Å²) >= 11 is 0. The van der Waals surface area contributed by atoms with Crippen LogP contribution in [0.5, 0.6) is 5.75 Å². The van der Waals surface area contributed by atoms with E-state index in [0.717, 1.165) is 25.7 Å². The normalized spacial score (nSPS) is 16.6. The molecule has 1 aliphatic heterocycles. The van der Waals surface area contributed by atoms with Crippen LogP contribution in [0.3, 0.4) is 0 Å². The van der Waals surface area contributed by atoms with E-state index in [2.05, 4.69) is 4.99 Å². The number of amides is 2. The molecule has 0 radical (unpaired) electrons. The number of halogens is 1. The number of carbonyl (C=O) groups excluding carboxylic acids is 1. The highest BCUT2D eigenvalue weighted by Gasteiger charge is 2.23. The van der Waals surface area contributed by atoms with Gasteiger partial charge in [-0.05, 0) is 44.6 Å². The van der Waals surface area contributed by atoms with Gasteiger partial charge in [0.2, 0.25) is 0 Å². The number of carboxylic acids is 1. The molecule has 1 aromatic rings. The van der Waals surface area contributed by atoms with E-state index in [-0.39, 0.29) is 17.5 Å². The molecule has 1 aromatic carbocycles. The lowest BCUT2D eigenvalue weighted by atomic mass is 9.92. The molecule has 2 amide bonds. The highest BCUT2D eigenvalue weighted by atomic mass is 19.1. The van der Waals surface area contributed by atoms with Crippen LogP contribution in [0.1, 0.15) is 57.9 Å². The predicted octanol–water partition coefficient (Wildman–Crippen LogP) is 4.02. The molecule has 1 fully saturated rings. The number of urea groups is 1. The largest absolute Gasteiger partial charge is 0.493 e. The van der Waals surface area contributed by atoms with Crippen molar-refractivity contribution in [1.82, 2.24) is 4.90 Å². The van der Waals surface area contributed by atoms with Crippen LogP contribution in [0, 0.1) is 17.7 Å². The Morgan fingerprint density at radius 3 is 2.53 bits per heavy atom. The summed E-state index contributed by atoms with van der Waals surface area (Å²) in [6.45, 7) is 7.06. The van der Waals surface area contributed by atoms with Crippen LogP contribution < -0.4 is 10.5 Å². The minimum Gasteiger partial charge on any atom is -0.493 e. The summed E-state index contributed by atoms with van der Waals surface area (Å²) in [5, 5.41) is 9.00. The Morgan fingerprint density at radius 1 is 1.30 bits per heavy atom. The van der Waals surface area contributed by atoms with Crippen LogP contribution in [-0.2, 0) is 4.79 Å². The molecule has 1 aliphatic rings. The van der Waals surface area contributed by atoms with Gasteiger partial charge < -0.3 is 20.5 Å². The molecule has 8 heteroatoms. The van der Waals surface area contributed by atoms with Gasteiger partial charge in [-0.25, -0.2) is 9.18 Å². The van der Waals surface area contributed by atoms with Crippen molar-refractivity contribution in [2.24, 2.45) is 22.6 Å². The molecule has 1 heterocycles. The van der Waals surface area contributed by atoms with Crippen LogP contribution in [-0.4, -0.2) is 47.5 Å². The lowest BCUT2D eigenvalue weighted by molar-refractivity contribution is -0.138. The van der Waals surface area contributed by atoms with E-state index < -0.39 is 17.7 Å². The summed E-state index contributed by atoms with van der Waals surface area (Å²) in [7, 11) is 0. The quantitative estimate of drug-likeness (QED) is 0.375. The third kappa shape index (κ3) is 6.71. The third-order valence-corrected chi connectivity index (χ3v) is 5.54. The van der Waals surface area contributed by atoms with Gasteiger partial charge in [-0.1, -0.05) is 19.9 Å². The molecule has 0 spiro atoms. The second kappa shape index (κ2) is 10.9. The number of rotatable bonds is 8. The number of carbonyl (C=O) groups is 2. The highest BCUT2D eigenvalue weighted by Crippen LogP contribution is 2.25. The maximum Gasteiger partial charge on any atom is 0.345 e. The van der Waals surface area contributed by atoms with Crippen molar-refractivity contribution in [2.75, 3.05) is 19.7 Å². The first-order valence-electron chi connectivity index (χ1n) is 10.5. The monoisotopic (exact) mass is 421 g/mol. The first-order valence-corrected chi connectivity index (χ1v) is 10.5. The van der Waals surface area contributed by atoms with Crippen molar-refractivity contribution in [3.8, 4) is 5.75 Å². The smallest absolute Gasteiger partial charge is 0.345 e. The zero-order chi connectivity index (χ0) is 22.3. The average molecular weight is 422 g/mol. The van der Waals surface area contributed by atoms with E-state index in [4.69, 9.17) is 15.6 Å². The summed E-state index contributed by atoms with van der Waals surface area (Å²) in [5.41, 5.74) is 5.91. The van der Waals surface area contributed by atoms with E-state index in [1.165, 1.54) is 19.1 Å². The third-order valence-electron chi connectivity index (χ3n) is 5.54. The van der Waals surface area contributed by atoms with Crippen LogP contribution in [0.4, 0.5) is 9.18 Å². The number of hydrogen-bond acceptors (Lipinski definition) is 3. The average Bonchev–Trinajstić information content (AvgIpc) is 2.71. The van der Waals surface area contributed by atoms with Crippen molar-refractivity contribution in [1.29, 1.82) is 0 Å². The number of aliphatic carboxylic acids is 1. The van der Waals surface area contributed by atoms with E-state index in [1.807, 2.05) is 13.8 Å². The van der Waals surface area contributed by atoms with Crippen molar-refractivity contribution in [2.45, 2.75) is 52.4 Å². The number of hydrogen-bond donors (Lipinski definition) is 2. The van der Waals surface area contributed by atoms with Crippen LogP contribution in [0.2, 0.25) is 0 Å². The lowest BCUT2D eigenvalue weighted by Crippen LogP contribution is -2.38. The Morgan fingerprint density at radius 2 is 1.97 bits per heavy atom. The number of nitrogens with two attached hydrogens (primary N) is 1. The van der Waals surface area contributed by atoms with Crippen LogP contribution in [0.25, 0.3) is 0 Å². The summed E-state index contributed by atoms with van der Waals surface area (Å²) < 4.78 is 19.7. The molecule has 1 saturated heterocycles. The van der Waals surface area contributed by atoms with Gasteiger partial charge in [0.15, 0.2) is 0 Å². The number of aliphatic imine (C=N–C) groups is 1. The molecule has 7 nitrogen and oxygen atoms in total. The minimum atomic E-state index is -1.06. The summed E-state index contributed by atoms with van der Waals surface area (Å²) in [5.74, 6) is -1.21. The SMILES string of the molecule is CC(C)/C(N)=N/C(=O)N1CCC(CCCOc2ccc(C(C)C(=O)O)c(F)c2)CC1. The van der Waals surface area contributed by atoms with E-state index >= 15 is 0 Å². The predicted molar refractivity (Wildman–Crippen MR) is 113 cm³/mol. The maximum absolute atomic E-state index is 14.1. The number of ether oxygens (including phenoxy) is 1. The number of carboxylic acid groups (broad SMARTS) is 1. The molecule has 0 bridgehead atoms. The second-order valence-corrected chi connectivity index (χ2v) is 8.14. The van der Waals surface area contributed by atoms with Gasteiger partial charge >= 0.3 is 12.0 Å². The Bertz CT molecular complexity index is 774. The number of likely N-dealkylation sites (tertiary alicyclic amines) is 1. The fourth-order valence-corrected chi connectivity index (χ4v) is 3.37. The lowest BCUT2D eigenvalue weighted by Gasteiger charge is -2.30. The molecule has 1 atom stereocenters. The Labute approximate surface area is 177 Å². The van der Waals surface area contributed by atoms with E-state index in [0.29, 0.717) is 37.2 Å². The molecule has 30 heavy (non-hydrogen) atoms. The number of piperidine rings is 1. The molecule has 1 unspecified atom stereocenters. The van der Waals surface area contributed by atoms with Crippen LogP contribution in [0.15, 0.2) is 23.2 Å². The first kappa shape index (κ1) is 23.6. The number of amidine groups is 1. The molecular weight excluding hydrogens is 389 g/mol. The van der Waals surface area contributed by atoms with E-state index in [9.17, 15) is 14.0 Å². The molecule has 2 rings (SSSR count). The van der Waals surface area contributed by atoms with Crippen molar-refractivity contribution < 1.29 is 23.8 Å².